The number of rotatable bonds is 3. The second kappa shape index (κ2) is 4.58. The van der Waals surface area contributed by atoms with Crippen molar-refractivity contribution in [2.75, 3.05) is 0 Å². The molecular formula is C9H13BrN2. The summed E-state index contributed by atoms with van der Waals surface area (Å²) in [6.45, 7) is 2.12. The van der Waals surface area contributed by atoms with Gasteiger partial charge in [-0.25, -0.2) is 0 Å². The zero-order valence-electron chi connectivity index (χ0n) is 7.13. The number of pyridine rings is 1. The van der Waals surface area contributed by atoms with E-state index in [1.165, 1.54) is 0 Å². The third kappa shape index (κ3) is 2.29. The molecule has 3 heteroatoms. The summed E-state index contributed by atoms with van der Waals surface area (Å²) >= 11 is 3.42. The minimum absolute atomic E-state index is 0.0607. The quantitative estimate of drug-likeness (QED) is 0.865. The summed E-state index contributed by atoms with van der Waals surface area (Å²) in [5.41, 5.74) is 6.87. The van der Waals surface area contributed by atoms with Crippen molar-refractivity contribution in [2.24, 2.45) is 5.73 Å². The smallest absolute Gasteiger partial charge is 0.0712 e. The Morgan fingerprint density at radius 1 is 1.67 bits per heavy atom. The van der Waals surface area contributed by atoms with E-state index in [2.05, 4.69) is 27.8 Å². The van der Waals surface area contributed by atoms with Crippen LogP contribution in [0, 0.1) is 0 Å². The summed E-state index contributed by atoms with van der Waals surface area (Å²) in [5, 5.41) is 0. The molecule has 0 spiro atoms. The van der Waals surface area contributed by atoms with Gasteiger partial charge in [0.1, 0.15) is 0 Å². The van der Waals surface area contributed by atoms with Crippen molar-refractivity contribution in [1.82, 2.24) is 4.98 Å². The lowest BCUT2D eigenvalue weighted by atomic mass is 10.1. The molecule has 1 heterocycles. The topological polar surface area (TPSA) is 38.9 Å². The van der Waals surface area contributed by atoms with Gasteiger partial charge in [0.05, 0.1) is 5.69 Å². The molecule has 1 aromatic rings. The van der Waals surface area contributed by atoms with Gasteiger partial charge < -0.3 is 5.73 Å². The summed E-state index contributed by atoms with van der Waals surface area (Å²) in [5.74, 6) is 0. The van der Waals surface area contributed by atoms with E-state index in [0.717, 1.165) is 23.0 Å². The molecule has 0 aliphatic rings. The Kier molecular flexibility index (Phi) is 3.69. The largest absolute Gasteiger partial charge is 0.323 e. The van der Waals surface area contributed by atoms with Gasteiger partial charge in [0.25, 0.3) is 0 Å². The predicted octanol–water partition coefficient (Wildman–Crippen LogP) is 2.64. The van der Waals surface area contributed by atoms with E-state index in [0.29, 0.717) is 0 Å². The molecule has 0 aromatic carbocycles. The van der Waals surface area contributed by atoms with Crippen LogP contribution in [0.4, 0.5) is 0 Å². The number of hydrogen-bond donors (Lipinski definition) is 1. The first-order valence-electron chi connectivity index (χ1n) is 4.11. The maximum Gasteiger partial charge on any atom is 0.0712 e. The van der Waals surface area contributed by atoms with Crippen molar-refractivity contribution in [1.29, 1.82) is 0 Å². The van der Waals surface area contributed by atoms with Gasteiger partial charge in [-0.1, -0.05) is 13.3 Å². The molecule has 1 atom stereocenters. The summed E-state index contributed by atoms with van der Waals surface area (Å²) in [6.07, 6.45) is 3.84. The highest BCUT2D eigenvalue weighted by molar-refractivity contribution is 9.10. The maximum absolute atomic E-state index is 5.91. The van der Waals surface area contributed by atoms with Crippen LogP contribution < -0.4 is 5.73 Å². The molecule has 2 N–H and O–H groups in total. The van der Waals surface area contributed by atoms with Crippen molar-refractivity contribution in [3.63, 3.8) is 0 Å². The standard InChI is InChI=1S/C9H13BrN2/c1-2-4-8(11)9-7(10)5-3-6-12-9/h3,5-6,8H,2,4,11H2,1H3. The number of aromatic nitrogens is 1. The van der Waals surface area contributed by atoms with Crippen LogP contribution in [0.25, 0.3) is 0 Å². The number of halogens is 1. The maximum atomic E-state index is 5.91. The molecule has 66 valence electrons. The van der Waals surface area contributed by atoms with Crippen LogP contribution in [-0.2, 0) is 0 Å². The first-order chi connectivity index (χ1) is 5.75. The number of nitrogens with two attached hydrogens (primary N) is 1. The summed E-state index contributed by atoms with van der Waals surface area (Å²) in [6, 6.07) is 3.93. The SMILES string of the molecule is CCCC(N)c1ncccc1Br. The van der Waals surface area contributed by atoms with E-state index in [9.17, 15) is 0 Å². The van der Waals surface area contributed by atoms with Crippen LogP contribution in [0.1, 0.15) is 31.5 Å². The lowest BCUT2D eigenvalue weighted by molar-refractivity contribution is 0.619. The molecule has 0 aliphatic heterocycles. The number of nitrogens with zero attached hydrogens (tertiary/aromatic N) is 1. The molecule has 2 nitrogen and oxygen atoms in total. The first kappa shape index (κ1) is 9.68. The van der Waals surface area contributed by atoms with Gasteiger partial charge >= 0.3 is 0 Å². The Morgan fingerprint density at radius 2 is 2.42 bits per heavy atom. The van der Waals surface area contributed by atoms with E-state index in [4.69, 9.17) is 5.73 Å². The molecule has 0 radical (unpaired) electrons. The summed E-state index contributed by atoms with van der Waals surface area (Å²) < 4.78 is 1.01. The van der Waals surface area contributed by atoms with Gasteiger partial charge in [-0.15, -0.1) is 0 Å². The van der Waals surface area contributed by atoms with Gasteiger partial charge in [-0.2, -0.15) is 0 Å². The molecule has 0 fully saturated rings. The van der Waals surface area contributed by atoms with Crippen LogP contribution in [0.2, 0.25) is 0 Å². The fourth-order valence-electron chi connectivity index (χ4n) is 1.12. The van der Waals surface area contributed by atoms with Gasteiger partial charge in [-0.3, -0.25) is 4.98 Å². The monoisotopic (exact) mass is 228 g/mol. The average Bonchev–Trinajstić information content (AvgIpc) is 2.05. The molecule has 1 aromatic heterocycles. The zero-order valence-corrected chi connectivity index (χ0v) is 8.71. The van der Waals surface area contributed by atoms with E-state index in [-0.39, 0.29) is 6.04 Å². The molecule has 0 aliphatic carbocycles. The normalized spacial score (nSPS) is 12.9. The fourth-order valence-corrected chi connectivity index (χ4v) is 1.67. The Hall–Kier alpha value is -0.410. The molecule has 0 amide bonds. The fraction of sp³-hybridized carbons (Fsp3) is 0.444. The van der Waals surface area contributed by atoms with Crippen LogP contribution in [0.5, 0.6) is 0 Å². The van der Waals surface area contributed by atoms with Gasteiger partial charge in [0.2, 0.25) is 0 Å². The Balaban J connectivity index is 2.79. The molecule has 0 bridgehead atoms. The third-order valence-electron chi connectivity index (χ3n) is 1.74. The second-order valence-corrected chi connectivity index (χ2v) is 3.62. The van der Waals surface area contributed by atoms with Crippen molar-refractivity contribution in [2.45, 2.75) is 25.8 Å². The highest BCUT2D eigenvalue weighted by atomic mass is 79.9. The molecule has 12 heavy (non-hydrogen) atoms. The van der Waals surface area contributed by atoms with Gasteiger partial charge in [0.15, 0.2) is 0 Å². The van der Waals surface area contributed by atoms with Crippen molar-refractivity contribution in [3.05, 3.63) is 28.5 Å². The van der Waals surface area contributed by atoms with E-state index < -0.39 is 0 Å². The minimum atomic E-state index is 0.0607. The van der Waals surface area contributed by atoms with Crippen molar-refractivity contribution >= 4 is 15.9 Å². The lowest BCUT2D eigenvalue weighted by Gasteiger charge is -2.10. The van der Waals surface area contributed by atoms with E-state index in [1.54, 1.807) is 6.20 Å². The minimum Gasteiger partial charge on any atom is -0.323 e. The van der Waals surface area contributed by atoms with Crippen molar-refractivity contribution in [3.8, 4) is 0 Å². The van der Waals surface area contributed by atoms with Gasteiger partial charge in [0, 0.05) is 16.7 Å². The Morgan fingerprint density at radius 3 is 3.00 bits per heavy atom. The third-order valence-corrected chi connectivity index (χ3v) is 2.41. The molecule has 0 saturated heterocycles. The molecule has 0 saturated carbocycles. The van der Waals surface area contributed by atoms with Crippen LogP contribution in [0.3, 0.4) is 0 Å². The number of hydrogen-bond acceptors (Lipinski definition) is 2. The Labute approximate surface area is 81.3 Å². The lowest BCUT2D eigenvalue weighted by Crippen LogP contribution is -2.11. The highest BCUT2D eigenvalue weighted by Gasteiger charge is 2.08. The van der Waals surface area contributed by atoms with Crippen LogP contribution in [-0.4, -0.2) is 4.98 Å². The molecule has 1 unspecified atom stereocenters. The first-order valence-corrected chi connectivity index (χ1v) is 4.91. The van der Waals surface area contributed by atoms with E-state index >= 15 is 0 Å². The van der Waals surface area contributed by atoms with E-state index in [1.807, 2.05) is 12.1 Å². The van der Waals surface area contributed by atoms with Crippen LogP contribution in [0.15, 0.2) is 22.8 Å². The average molecular weight is 229 g/mol. The van der Waals surface area contributed by atoms with Crippen molar-refractivity contribution < 1.29 is 0 Å². The zero-order chi connectivity index (χ0) is 8.97. The van der Waals surface area contributed by atoms with Gasteiger partial charge in [-0.05, 0) is 34.5 Å². The van der Waals surface area contributed by atoms with Crippen LogP contribution >= 0.6 is 15.9 Å². The second-order valence-electron chi connectivity index (χ2n) is 2.77. The highest BCUT2D eigenvalue weighted by Crippen LogP contribution is 2.21. The summed E-state index contributed by atoms with van der Waals surface area (Å²) in [7, 11) is 0. The predicted molar refractivity (Wildman–Crippen MR) is 53.8 cm³/mol. The summed E-state index contributed by atoms with van der Waals surface area (Å²) in [4.78, 5) is 4.22. The Bertz CT molecular complexity index is 250. The molecular weight excluding hydrogens is 216 g/mol. The molecule has 1 rings (SSSR count).